The Balaban J connectivity index is 1.53. The summed E-state index contributed by atoms with van der Waals surface area (Å²) in [6, 6.07) is 19.5. The summed E-state index contributed by atoms with van der Waals surface area (Å²) in [6.45, 7) is 0. The lowest BCUT2D eigenvalue weighted by Crippen LogP contribution is -2.37. The summed E-state index contributed by atoms with van der Waals surface area (Å²) in [6.07, 6.45) is -5.93. The zero-order chi connectivity index (χ0) is 24.0. The highest BCUT2D eigenvalue weighted by Gasteiger charge is 2.60. The molecule has 0 unspecified atom stereocenters. The minimum absolute atomic E-state index is 0.358. The predicted octanol–water partition coefficient (Wildman–Crippen LogP) is 5.29. The number of hydroxylamine groups is 1. The van der Waals surface area contributed by atoms with Crippen LogP contribution in [-0.2, 0) is 14.4 Å². The number of anilines is 2. The van der Waals surface area contributed by atoms with E-state index in [9.17, 15) is 22.8 Å². The van der Waals surface area contributed by atoms with Gasteiger partial charge in [0, 0.05) is 5.02 Å². The molecule has 2 fully saturated rings. The summed E-state index contributed by atoms with van der Waals surface area (Å²) in [4.78, 5) is 33.8. The van der Waals surface area contributed by atoms with Crippen LogP contribution >= 0.6 is 11.6 Å². The van der Waals surface area contributed by atoms with Crippen molar-refractivity contribution in [1.29, 1.82) is 0 Å². The molecule has 2 amide bonds. The first-order chi connectivity index (χ1) is 16.2. The molecule has 174 valence electrons. The number of amides is 2. The molecule has 2 aliphatic heterocycles. The third-order valence-electron chi connectivity index (χ3n) is 5.67. The Labute approximate surface area is 197 Å². The van der Waals surface area contributed by atoms with Crippen LogP contribution in [0, 0.1) is 5.92 Å². The molecule has 34 heavy (non-hydrogen) atoms. The molecule has 6 nitrogen and oxygen atoms in total. The molecule has 3 atom stereocenters. The summed E-state index contributed by atoms with van der Waals surface area (Å²) in [7, 11) is 0. The molecule has 0 saturated carbocycles. The van der Waals surface area contributed by atoms with Gasteiger partial charge in [-0.3, -0.25) is 14.4 Å². The molecule has 2 heterocycles. The number of ether oxygens (including phenoxy) is 1. The molecular weight excluding hydrogens is 473 g/mol. The molecule has 2 aliphatic rings. The van der Waals surface area contributed by atoms with E-state index < -0.39 is 42.0 Å². The minimum Gasteiger partial charge on any atom is -0.406 e. The second-order valence-electron chi connectivity index (χ2n) is 7.76. The average molecular weight is 489 g/mol. The van der Waals surface area contributed by atoms with E-state index >= 15 is 0 Å². The standard InChI is InChI=1S/C24H16ClF3N2O4/c25-15-8-10-16(11-9-15)29-22(31)19-20(14-6-12-18(13-7-14)33-24(26,27)28)30(34-21(19)23(29)32)17-4-2-1-3-5-17/h1-13,19-21H/t19-,20-,21+/m1/s1. The van der Waals surface area contributed by atoms with Crippen molar-refractivity contribution >= 4 is 34.8 Å². The third-order valence-corrected chi connectivity index (χ3v) is 5.92. The van der Waals surface area contributed by atoms with Crippen LogP contribution in [-0.4, -0.2) is 24.3 Å². The molecule has 3 aromatic carbocycles. The number of nitrogens with zero attached hydrogens (tertiary/aromatic N) is 2. The first-order valence-electron chi connectivity index (χ1n) is 10.2. The van der Waals surface area contributed by atoms with Crippen molar-refractivity contribution in [2.24, 2.45) is 5.92 Å². The Morgan fingerprint density at radius 3 is 2.09 bits per heavy atom. The second-order valence-corrected chi connectivity index (χ2v) is 8.20. The highest BCUT2D eigenvalue weighted by molar-refractivity contribution is 6.31. The summed E-state index contributed by atoms with van der Waals surface area (Å²) in [5.74, 6) is -2.32. The maximum absolute atomic E-state index is 13.5. The molecule has 0 bridgehead atoms. The maximum atomic E-state index is 13.5. The lowest BCUT2D eigenvalue weighted by Gasteiger charge is -2.28. The zero-order valence-electron chi connectivity index (χ0n) is 17.3. The molecule has 0 spiro atoms. The topological polar surface area (TPSA) is 59.1 Å². The van der Waals surface area contributed by atoms with Crippen molar-refractivity contribution in [1.82, 2.24) is 0 Å². The van der Waals surface area contributed by atoms with Crippen LogP contribution in [0.1, 0.15) is 11.6 Å². The van der Waals surface area contributed by atoms with Gasteiger partial charge in [-0.05, 0) is 54.1 Å². The van der Waals surface area contributed by atoms with Crippen LogP contribution in [0.15, 0.2) is 78.9 Å². The van der Waals surface area contributed by atoms with Gasteiger partial charge in [0.05, 0.1) is 17.4 Å². The molecular formula is C24H16ClF3N2O4. The van der Waals surface area contributed by atoms with Crippen molar-refractivity contribution < 1.29 is 32.3 Å². The van der Waals surface area contributed by atoms with Crippen LogP contribution in [0.4, 0.5) is 24.5 Å². The van der Waals surface area contributed by atoms with E-state index in [1.165, 1.54) is 17.2 Å². The number of para-hydroxylation sites is 1. The number of halogens is 4. The van der Waals surface area contributed by atoms with Crippen LogP contribution in [0.2, 0.25) is 5.02 Å². The van der Waals surface area contributed by atoms with Crippen molar-refractivity contribution in [3.63, 3.8) is 0 Å². The highest BCUT2D eigenvalue weighted by Crippen LogP contribution is 2.47. The summed E-state index contributed by atoms with van der Waals surface area (Å²) in [5.41, 5.74) is 1.44. The van der Waals surface area contributed by atoms with Gasteiger partial charge in [-0.25, -0.2) is 9.96 Å². The lowest BCUT2D eigenvalue weighted by molar-refractivity contribution is -0.274. The van der Waals surface area contributed by atoms with Crippen LogP contribution in [0.3, 0.4) is 0 Å². The van der Waals surface area contributed by atoms with Gasteiger partial charge in [-0.1, -0.05) is 41.9 Å². The van der Waals surface area contributed by atoms with Crippen molar-refractivity contribution in [3.05, 3.63) is 89.4 Å². The number of fused-ring (bicyclic) bond motifs is 1. The lowest BCUT2D eigenvalue weighted by atomic mass is 9.90. The number of hydrogen-bond donors (Lipinski definition) is 0. The van der Waals surface area contributed by atoms with E-state index in [2.05, 4.69) is 4.74 Å². The number of hydrogen-bond acceptors (Lipinski definition) is 5. The fourth-order valence-corrected chi connectivity index (χ4v) is 4.39. The predicted molar refractivity (Wildman–Crippen MR) is 117 cm³/mol. The fourth-order valence-electron chi connectivity index (χ4n) is 4.26. The summed E-state index contributed by atoms with van der Waals surface area (Å²) >= 11 is 5.93. The van der Waals surface area contributed by atoms with Crippen molar-refractivity contribution in [3.8, 4) is 5.75 Å². The Morgan fingerprint density at radius 1 is 0.824 bits per heavy atom. The molecule has 2 saturated heterocycles. The smallest absolute Gasteiger partial charge is 0.406 e. The van der Waals surface area contributed by atoms with Gasteiger partial charge in [-0.2, -0.15) is 0 Å². The number of rotatable bonds is 4. The summed E-state index contributed by atoms with van der Waals surface area (Å²) in [5, 5.41) is 1.91. The number of alkyl halides is 3. The molecule has 0 aliphatic carbocycles. The minimum atomic E-state index is -4.83. The number of carbonyl (C=O) groups is 2. The van der Waals surface area contributed by atoms with Gasteiger partial charge in [0.2, 0.25) is 5.91 Å². The molecule has 10 heteroatoms. The first-order valence-corrected chi connectivity index (χ1v) is 10.6. The van der Waals surface area contributed by atoms with E-state index in [0.29, 0.717) is 22.0 Å². The Bertz CT molecular complexity index is 1220. The van der Waals surface area contributed by atoms with Crippen LogP contribution in [0.5, 0.6) is 5.75 Å². The zero-order valence-corrected chi connectivity index (χ0v) is 18.0. The molecule has 0 N–H and O–H groups in total. The fraction of sp³-hybridized carbons (Fsp3) is 0.167. The van der Waals surface area contributed by atoms with E-state index in [1.807, 2.05) is 0 Å². The van der Waals surface area contributed by atoms with Gasteiger partial charge in [0.15, 0.2) is 6.10 Å². The van der Waals surface area contributed by atoms with Gasteiger partial charge in [0.25, 0.3) is 5.91 Å². The first kappa shape index (κ1) is 22.2. The molecule has 0 radical (unpaired) electrons. The van der Waals surface area contributed by atoms with E-state index in [4.69, 9.17) is 16.4 Å². The van der Waals surface area contributed by atoms with E-state index in [0.717, 1.165) is 17.0 Å². The normalized spacial score (nSPS) is 22.3. The maximum Gasteiger partial charge on any atom is 0.573 e. The highest BCUT2D eigenvalue weighted by atomic mass is 35.5. The van der Waals surface area contributed by atoms with E-state index in [-0.39, 0.29) is 0 Å². The SMILES string of the molecule is O=C1[C@H]2[C@H](ON(c3ccccc3)[C@@H]2c2ccc(OC(F)(F)F)cc2)C(=O)N1c1ccc(Cl)cc1. The third kappa shape index (κ3) is 3.97. The van der Waals surface area contributed by atoms with Crippen LogP contribution in [0.25, 0.3) is 0 Å². The van der Waals surface area contributed by atoms with Crippen molar-refractivity contribution in [2.45, 2.75) is 18.5 Å². The Kier molecular flexibility index (Phi) is 5.45. The quantitative estimate of drug-likeness (QED) is 0.467. The van der Waals surface area contributed by atoms with Crippen molar-refractivity contribution in [2.75, 3.05) is 9.96 Å². The van der Waals surface area contributed by atoms with Gasteiger partial charge < -0.3 is 4.74 Å². The Morgan fingerprint density at radius 2 is 1.47 bits per heavy atom. The van der Waals surface area contributed by atoms with Gasteiger partial charge in [0.1, 0.15) is 11.7 Å². The number of carbonyl (C=O) groups excluding carboxylic acids is 2. The number of benzene rings is 3. The van der Waals surface area contributed by atoms with E-state index in [1.54, 1.807) is 54.6 Å². The molecule has 3 aromatic rings. The monoisotopic (exact) mass is 488 g/mol. The number of imide groups is 1. The molecule has 0 aromatic heterocycles. The van der Waals surface area contributed by atoms with Gasteiger partial charge >= 0.3 is 6.36 Å². The molecule has 5 rings (SSSR count). The van der Waals surface area contributed by atoms with Gasteiger partial charge in [-0.15, -0.1) is 13.2 Å². The summed E-state index contributed by atoms with van der Waals surface area (Å²) < 4.78 is 41.7. The average Bonchev–Trinajstić information content (AvgIpc) is 3.31. The second kappa shape index (κ2) is 8.34. The largest absolute Gasteiger partial charge is 0.573 e. The Hall–Kier alpha value is -3.56. The van der Waals surface area contributed by atoms with Crippen LogP contribution < -0.4 is 14.7 Å².